The van der Waals surface area contributed by atoms with E-state index in [0.717, 1.165) is 5.69 Å². The Balaban J connectivity index is 1.72. The Morgan fingerprint density at radius 2 is 2.04 bits per heavy atom. The molecule has 0 aliphatic heterocycles. The summed E-state index contributed by atoms with van der Waals surface area (Å²) in [6.07, 6.45) is 0. The summed E-state index contributed by atoms with van der Waals surface area (Å²) in [5, 5.41) is 1.85. The first kappa shape index (κ1) is 20.1. The molecule has 3 rings (SSSR count). The zero-order valence-corrected chi connectivity index (χ0v) is 17.3. The van der Waals surface area contributed by atoms with Crippen molar-refractivity contribution in [3.8, 4) is 0 Å². The first-order chi connectivity index (χ1) is 13.4. The minimum Gasteiger partial charge on any atom is -0.456 e. The Morgan fingerprint density at radius 3 is 2.79 bits per heavy atom. The minimum atomic E-state index is -0.523. The number of amides is 1. The van der Waals surface area contributed by atoms with Crippen molar-refractivity contribution in [3.63, 3.8) is 0 Å². The molecule has 2 aromatic heterocycles. The lowest BCUT2D eigenvalue weighted by Gasteiger charge is -2.12. The molecule has 0 aliphatic carbocycles. The van der Waals surface area contributed by atoms with Gasteiger partial charge in [-0.1, -0.05) is 12.1 Å². The topological polar surface area (TPSA) is 81.0 Å². The Morgan fingerprint density at radius 1 is 1.29 bits per heavy atom. The average Bonchev–Trinajstić information content (AvgIpc) is 3.05. The molecule has 0 N–H and O–H groups in total. The van der Waals surface area contributed by atoms with Crippen LogP contribution in [0, 0.1) is 6.92 Å². The number of aromatic nitrogens is 2. The quantitative estimate of drug-likeness (QED) is 0.453. The summed E-state index contributed by atoms with van der Waals surface area (Å²) in [7, 11) is 3.37. The number of carbonyl (C=O) groups is 2. The van der Waals surface area contributed by atoms with E-state index in [4.69, 9.17) is 4.74 Å². The smallest absolute Gasteiger partial charge is 0.339 e. The summed E-state index contributed by atoms with van der Waals surface area (Å²) in [4.78, 5) is 43.6. The van der Waals surface area contributed by atoms with E-state index in [0.29, 0.717) is 21.1 Å². The highest BCUT2D eigenvalue weighted by molar-refractivity contribution is 8.00. The van der Waals surface area contributed by atoms with Crippen molar-refractivity contribution in [2.24, 2.45) is 0 Å². The molecule has 28 heavy (non-hydrogen) atoms. The summed E-state index contributed by atoms with van der Waals surface area (Å²) in [5.74, 6) is -0.341. The molecule has 1 aromatic carbocycles. The highest BCUT2D eigenvalue weighted by Crippen LogP contribution is 2.24. The summed E-state index contributed by atoms with van der Waals surface area (Å²) in [6, 6.07) is 8.33. The standard InChI is InChI=1S/C19H19N3O4S2/c1-12-10-28-19-20-13(8-16(23)22(12)19)9-26-18(25)14-6-4-5-7-15(14)27-11-17(24)21(2)3/h4-8,10H,9,11H2,1-3H3. The molecule has 0 radical (unpaired) electrons. The molecule has 9 heteroatoms. The zero-order valence-electron chi connectivity index (χ0n) is 15.7. The number of hydrogen-bond donors (Lipinski definition) is 0. The molecule has 0 atom stereocenters. The largest absolute Gasteiger partial charge is 0.456 e. The average molecular weight is 418 g/mol. The predicted octanol–water partition coefficient (Wildman–Crippen LogP) is 2.60. The normalized spacial score (nSPS) is 10.8. The van der Waals surface area contributed by atoms with Gasteiger partial charge in [-0.15, -0.1) is 23.1 Å². The lowest BCUT2D eigenvalue weighted by atomic mass is 10.2. The van der Waals surface area contributed by atoms with Crippen LogP contribution < -0.4 is 5.56 Å². The zero-order chi connectivity index (χ0) is 20.3. The number of rotatable bonds is 6. The fourth-order valence-electron chi connectivity index (χ4n) is 2.42. The van der Waals surface area contributed by atoms with Crippen LogP contribution in [0.4, 0.5) is 0 Å². The van der Waals surface area contributed by atoms with Crippen LogP contribution in [0.2, 0.25) is 0 Å². The summed E-state index contributed by atoms with van der Waals surface area (Å²) < 4.78 is 6.88. The van der Waals surface area contributed by atoms with Gasteiger partial charge in [0.15, 0.2) is 4.96 Å². The number of benzene rings is 1. The number of nitrogens with zero attached hydrogens (tertiary/aromatic N) is 3. The Labute approximate surface area is 170 Å². The number of aryl methyl sites for hydroxylation is 1. The second-order valence-corrected chi connectivity index (χ2v) is 8.08. The van der Waals surface area contributed by atoms with E-state index >= 15 is 0 Å². The number of hydrogen-bond acceptors (Lipinski definition) is 7. The van der Waals surface area contributed by atoms with E-state index in [-0.39, 0.29) is 23.8 Å². The number of esters is 1. The predicted molar refractivity (Wildman–Crippen MR) is 109 cm³/mol. The van der Waals surface area contributed by atoms with Crippen LogP contribution in [0.1, 0.15) is 21.7 Å². The van der Waals surface area contributed by atoms with Crippen molar-refractivity contribution in [1.82, 2.24) is 14.3 Å². The monoisotopic (exact) mass is 417 g/mol. The molecular weight excluding hydrogens is 398 g/mol. The Hall–Kier alpha value is -2.65. The molecule has 3 aromatic rings. The maximum Gasteiger partial charge on any atom is 0.339 e. The fraction of sp³-hybridized carbons (Fsp3) is 0.263. The van der Waals surface area contributed by atoms with E-state index < -0.39 is 5.97 Å². The minimum absolute atomic E-state index is 0.0441. The van der Waals surface area contributed by atoms with Gasteiger partial charge in [-0.2, -0.15) is 0 Å². The van der Waals surface area contributed by atoms with Crippen molar-refractivity contribution in [1.29, 1.82) is 0 Å². The third-order valence-corrected chi connectivity index (χ3v) is 5.94. The van der Waals surface area contributed by atoms with Gasteiger partial charge >= 0.3 is 5.97 Å². The van der Waals surface area contributed by atoms with Gasteiger partial charge in [0.25, 0.3) is 5.56 Å². The number of thiazole rings is 1. The van der Waals surface area contributed by atoms with Crippen molar-refractivity contribution >= 4 is 39.9 Å². The van der Waals surface area contributed by atoms with Gasteiger partial charge in [0.05, 0.1) is 17.0 Å². The summed E-state index contributed by atoms with van der Waals surface area (Å²) in [6.45, 7) is 1.74. The molecule has 0 saturated heterocycles. The Bertz CT molecular complexity index is 1090. The van der Waals surface area contributed by atoms with Gasteiger partial charge in [-0.3, -0.25) is 14.0 Å². The van der Waals surface area contributed by atoms with E-state index in [9.17, 15) is 14.4 Å². The fourth-order valence-corrected chi connectivity index (χ4v) is 4.33. The molecule has 0 saturated carbocycles. The van der Waals surface area contributed by atoms with E-state index in [1.165, 1.54) is 38.5 Å². The molecule has 1 amide bonds. The van der Waals surface area contributed by atoms with Crippen LogP contribution >= 0.6 is 23.1 Å². The number of thioether (sulfide) groups is 1. The van der Waals surface area contributed by atoms with Crippen LogP contribution in [0.15, 0.2) is 45.4 Å². The van der Waals surface area contributed by atoms with Crippen LogP contribution in [0.25, 0.3) is 4.96 Å². The molecular formula is C19H19N3O4S2. The van der Waals surface area contributed by atoms with Crippen LogP contribution in [0.5, 0.6) is 0 Å². The number of carbonyl (C=O) groups excluding carboxylic acids is 2. The van der Waals surface area contributed by atoms with Gasteiger partial charge in [-0.25, -0.2) is 9.78 Å². The van der Waals surface area contributed by atoms with Gasteiger partial charge < -0.3 is 9.64 Å². The number of ether oxygens (including phenoxy) is 1. The van der Waals surface area contributed by atoms with Gasteiger partial charge in [0.1, 0.15) is 6.61 Å². The summed E-state index contributed by atoms with van der Waals surface area (Å²) >= 11 is 2.64. The molecule has 0 unspecified atom stereocenters. The highest BCUT2D eigenvalue weighted by Gasteiger charge is 2.16. The van der Waals surface area contributed by atoms with Gasteiger partial charge in [0, 0.05) is 36.1 Å². The first-order valence-electron chi connectivity index (χ1n) is 8.42. The van der Waals surface area contributed by atoms with Crippen LogP contribution in [-0.4, -0.2) is 46.0 Å². The van der Waals surface area contributed by atoms with Crippen molar-refractivity contribution in [2.45, 2.75) is 18.4 Å². The van der Waals surface area contributed by atoms with Gasteiger partial charge in [-0.05, 0) is 19.1 Å². The molecule has 0 aliphatic rings. The van der Waals surface area contributed by atoms with E-state index in [2.05, 4.69) is 4.98 Å². The molecule has 0 bridgehead atoms. The molecule has 7 nitrogen and oxygen atoms in total. The van der Waals surface area contributed by atoms with Crippen molar-refractivity contribution in [2.75, 3.05) is 19.8 Å². The summed E-state index contributed by atoms with van der Waals surface area (Å²) in [5.41, 5.74) is 1.39. The third kappa shape index (κ3) is 4.42. The molecule has 0 fully saturated rings. The number of fused-ring (bicyclic) bond motifs is 1. The first-order valence-corrected chi connectivity index (χ1v) is 10.3. The maximum absolute atomic E-state index is 12.5. The SMILES string of the molecule is Cc1csc2nc(COC(=O)c3ccccc3SCC(=O)N(C)C)cc(=O)n12. The second kappa shape index (κ2) is 8.57. The van der Waals surface area contributed by atoms with Crippen LogP contribution in [-0.2, 0) is 16.1 Å². The van der Waals surface area contributed by atoms with Crippen molar-refractivity contribution in [3.05, 3.63) is 63.0 Å². The van der Waals surface area contributed by atoms with Crippen molar-refractivity contribution < 1.29 is 14.3 Å². The molecule has 146 valence electrons. The Kier molecular flexibility index (Phi) is 6.15. The van der Waals surface area contributed by atoms with E-state index in [1.54, 1.807) is 38.4 Å². The van der Waals surface area contributed by atoms with Gasteiger partial charge in [0.2, 0.25) is 5.91 Å². The lowest BCUT2D eigenvalue weighted by Crippen LogP contribution is -2.23. The third-order valence-electron chi connectivity index (χ3n) is 3.94. The maximum atomic E-state index is 12.5. The van der Waals surface area contributed by atoms with Crippen LogP contribution in [0.3, 0.4) is 0 Å². The second-order valence-electron chi connectivity index (χ2n) is 6.23. The molecule has 2 heterocycles. The molecule has 0 spiro atoms. The lowest BCUT2D eigenvalue weighted by molar-refractivity contribution is -0.125. The highest BCUT2D eigenvalue weighted by atomic mass is 32.2. The van der Waals surface area contributed by atoms with E-state index in [1.807, 2.05) is 12.3 Å².